The van der Waals surface area contributed by atoms with Crippen molar-refractivity contribution in [2.24, 2.45) is 17.6 Å². The first kappa shape index (κ1) is 22.6. The van der Waals surface area contributed by atoms with Crippen molar-refractivity contribution in [3.8, 4) is 11.5 Å². The van der Waals surface area contributed by atoms with Gasteiger partial charge in [-0.3, -0.25) is 14.5 Å². The Morgan fingerprint density at radius 3 is 2.81 bits per heavy atom. The molecule has 8 nitrogen and oxygen atoms in total. The molecule has 6 aliphatic rings. The number of carbonyl (C=O) groups excluding carboxylic acids is 2. The summed E-state index contributed by atoms with van der Waals surface area (Å²) in [5, 5.41) is 23.3. The van der Waals surface area contributed by atoms with Crippen LogP contribution in [0.1, 0.15) is 56.1 Å². The lowest BCUT2D eigenvalue weighted by molar-refractivity contribution is -0.174. The Labute approximate surface area is 211 Å². The van der Waals surface area contributed by atoms with E-state index in [9.17, 15) is 19.8 Å². The van der Waals surface area contributed by atoms with Gasteiger partial charge in [0, 0.05) is 37.3 Å². The Kier molecular flexibility index (Phi) is 4.84. The first-order valence-corrected chi connectivity index (χ1v) is 13.6. The SMILES string of the molecule is NC(=O)C1CCCN(C(=O)C=C2CC[C@@]3(O)[C@H]4Cc5ccc(O)c6c5[C@@]3(CCN4CC3CC3)[C@H]2O6)C1. The van der Waals surface area contributed by atoms with Crippen molar-refractivity contribution in [2.45, 2.75) is 74.5 Å². The third-order valence-electron chi connectivity index (χ3n) is 10.1. The molecular formula is C28H35N3O5. The molecule has 36 heavy (non-hydrogen) atoms. The molecule has 192 valence electrons. The van der Waals surface area contributed by atoms with E-state index in [4.69, 9.17) is 10.5 Å². The molecule has 0 radical (unpaired) electrons. The van der Waals surface area contributed by atoms with Gasteiger partial charge in [0.25, 0.3) is 0 Å². The van der Waals surface area contributed by atoms with Gasteiger partial charge in [0.15, 0.2) is 11.5 Å². The zero-order valence-corrected chi connectivity index (χ0v) is 20.6. The predicted octanol–water partition coefficient (Wildman–Crippen LogP) is 1.61. The van der Waals surface area contributed by atoms with Crippen molar-refractivity contribution in [1.29, 1.82) is 0 Å². The summed E-state index contributed by atoms with van der Waals surface area (Å²) in [7, 11) is 0. The van der Waals surface area contributed by atoms with Crippen molar-refractivity contribution in [3.05, 3.63) is 34.9 Å². The quantitative estimate of drug-likeness (QED) is 0.549. The number of piperidine rings is 2. The number of amides is 2. The molecule has 1 unspecified atom stereocenters. The van der Waals surface area contributed by atoms with Crippen LogP contribution in [0.15, 0.2) is 23.8 Å². The van der Waals surface area contributed by atoms with Gasteiger partial charge < -0.3 is 25.6 Å². The van der Waals surface area contributed by atoms with Crippen LogP contribution >= 0.6 is 0 Å². The number of carbonyl (C=O) groups is 2. The van der Waals surface area contributed by atoms with E-state index in [1.807, 2.05) is 6.07 Å². The maximum atomic E-state index is 13.4. The minimum atomic E-state index is -0.973. The fraction of sp³-hybridized carbons (Fsp3) is 0.643. The van der Waals surface area contributed by atoms with Gasteiger partial charge in [-0.1, -0.05) is 6.07 Å². The molecule has 1 spiro atoms. The highest BCUT2D eigenvalue weighted by Crippen LogP contribution is 2.66. The van der Waals surface area contributed by atoms with Crippen LogP contribution in [-0.4, -0.2) is 75.8 Å². The number of nitrogens with two attached hydrogens (primary N) is 1. The number of likely N-dealkylation sites (tertiary alicyclic amines) is 2. The van der Waals surface area contributed by atoms with Crippen molar-refractivity contribution >= 4 is 11.8 Å². The van der Waals surface area contributed by atoms with E-state index in [0.29, 0.717) is 38.1 Å². The first-order valence-electron chi connectivity index (χ1n) is 13.6. The van der Waals surface area contributed by atoms with Gasteiger partial charge in [0.05, 0.1) is 16.9 Å². The smallest absolute Gasteiger partial charge is 0.246 e. The molecule has 2 bridgehead atoms. The van der Waals surface area contributed by atoms with Gasteiger partial charge in [0.1, 0.15) is 6.10 Å². The Morgan fingerprint density at radius 2 is 2.03 bits per heavy atom. The van der Waals surface area contributed by atoms with E-state index in [2.05, 4.69) is 4.90 Å². The van der Waals surface area contributed by atoms with Crippen LogP contribution in [0.5, 0.6) is 11.5 Å². The van der Waals surface area contributed by atoms with E-state index in [1.165, 1.54) is 12.8 Å². The molecule has 8 heteroatoms. The van der Waals surface area contributed by atoms with Gasteiger partial charge in [-0.25, -0.2) is 0 Å². The number of phenols is 1. The van der Waals surface area contributed by atoms with Gasteiger partial charge in [-0.05, 0) is 81.0 Å². The number of benzene rings is 1. The average molecular weight is 494 g/mol. The minimum absolute atomic E-state index is 0.0108. The van der Waals surface area contributed by atoms with Crippen LogP contribution in [0, 0.1) is 11.8 Å². The van der Waals surface area contributed by atoms with Crippen LogP contribution in [-0.2, 0) is 21.4 Å². The molecule has 7 rings (SSSR count). The van der Waals surface area contributed by atoms with E-state index >= 15 is 0 Å². The van der Waals surface area contributed by atoms with E-state index in [-0.39, 0.29) is 29.5 Å². The second kappa shape index (κ2) is 7.71. The number of ether oxygens (including phenoxy) is 1. The largest absolute Gasteiger partial charge is 0.504 e. The van der Waals surface area contributed by atoms with Gasteiger partial charge >= 0.3 is 0 Å². The molecule has 3 aliphatic carbocycles. The summed E-state index contributed by atoms with van der Waals surface area (Å²) in [6.45, 7) is 2.87. The Bertz CT molecular complexity index is 1180. The zero-order chi connectivity index (χ0) is 24.8. The molecule has 3 aliphatic heterocycles. The van der Waals surface area contributed by atoms with E-state index < -0.39 is 17.1 Å². The summed E-state index contributed by atoms with van der Waals surface area (Å²) in [5.41, 5.74) is 6.88. The molecule has 0 aromatic heterocycles. The number of aromatic hydroxyl groups is 1. The Hall–Kier alpha value is -2.58. The number of phenolic OH excluding ortho intramolecular Hbond substituents is 1. The average Bonchev–Trinajstić information content (AvgIpc) is 3.61. The second-order valence-corrected chi connectivity index (χ2v) is 12.0. The van der Waals surface area contributed by atoms with Crippen LogP contribution in [0.2, 0.25) is 0 Å². The maximum Gasteiger partial charge on any atom is 0.246 e. The minimum Gasteiger partial charge on any atom is -0.504 e. The molecule has 2 saturated heterocycles. The monoisotopic (exact) mass is 493 g/mol. The molecule has 4 N–H and O–H groups in total. The lowest BCUT2D eigenvalue weighted by Gasteiger charge is -2.63. The fourth-order valence-corrected chi connectivity index (χ4v) is 8.14. The Balaban J connectivity index is 1.27. The van der Waals surface area contributed by atoms with Crippen LogP contribution in [0.25, 0.3) is 0 Å². The number of hydrogen-bond donors (Lipinski definition) is 3. The topological polar surface area (TPSA) is 116 Å². The highest BCUT2D eigenvalue weighted by Gasteiger charge is 2.72. The van der Waals surface area contributed by atoms with E-state index in [1.54, 1.807) is 17.0 Å². The van der Waals surface area contributed by atoms with Crippen molar-refractivity contribution in [3.63, 3.8) is 0 Å². The second-order valence-electron chi connectivity index (χ2n) is 12.0. The summed E-state index contributed by atoms with van der Waals surface area (Å²) in [5.74, 6) is 0.533. The number of primary amides is 1. The molecule has 3 heterocycles. The third kappa shape index (κ3) is 3.00. The van der Waals surface area contributed by atoms with Gasteiger partial charge in [-0.2, -0.15) is 0 Å². The number of rotatable bonds is 4. The standard InChI is InChI=1S/C28H35N3O5/c29-26(34)19-2-1-10-31(15-19)22(33)13-18-7-8-28(35)21-12-17-5-6-20(32)24-23(17)27(28,25(18)36-24)9-11-30(21)14-16-3-4-16/h5-6,13,16,19,21,25,32,35H,1-4,7-12,14-15H2,(H2,29,34)/t19?,21-,25+,27+,28-/m1/s1. The maximum absolute atomic E-state index is 13.4. The highest BCUT2D eigenvalue weighted by molar-refractivity contribution is 5.89. The van der Waals surface area contributed by atoms with Crippen molar-refractivity contribution < 1.29 is 24.5 Å². The zero-order valence-electron chi connectivity index (χ0n) is 20.6. The molecule has 1 aromatic carbocycles. The number of nitrogens with zero attached hydrogens (tertiary/aromatic N) is 2. The summed E-state index contributed by atoms with van der Waals surface area (Å²) in [6, 6.07) is 3.71. The normalized spacial score (nSPS) is 38.0. The molecule has 5 atom stereocenters. The van der Waals surface area contributed by atoms with Crippen LogP contribution in [0.4, 0.5) is 0 Å². The van der Waals surface area contributed by atoms with Gasteiger partial charge in [-0.15, -0.1) is 0 Å². The van der Waals surface area contributed by atoms with Crippen LogP contribution in [0.3, 0.4) is 0 Å². The lowest BCUT2D eigenvalue weighted by atomic mass is 9.48. The van der Waals surface area contributed by atoms with Crippen LogP contribution < -0.4 is 10.5 Å². The predicted molar refractivity (Wildman–Crippen MR) is 131 cm³/mol. The molecular weight excluding hydrogens is 458 g/mol. The summed E-state index contributed by atoms with van der Waals surface area (Å²) >= 11 is 0. The molecule has 2 amide bonds. The number of aliphatic hydroxyl groups is 1. The molecule has 4 fully saturated rings. The first-order chi connectivity index (χ1) is 17.3. The van der Waals surface area contributed by atoms with Crippen molar-refractivity contribution in [2.75, 3.05) is 26.2 Å². The Morgan fingerprint density at radius 1 is 1.19 bits per heavy atom. The fourth-order valence-electron chi connectivity index (χ4n) is 8.14. The van der Waals surface area contributed by atoms with Gasteiger partial charge in [0.2, 0.25) is 11.8 Å². The lowest BCUT2D eigenvalue weighted by Crippen LogP contribution is -2.75. The summed E-state index contributed by atoms with van der Waals surface area (Å²) in [6.07, 6.45) is 7.85. The van der Waals surface area contributed by atoms with E-state index in [0.717, 1.165) is 55.0 Å². The van der Waals surface area contributed by atoms with Crippen molar-refractivity contribution in [1.82, 2.24) is 9.80 Å². The number of hydrogen-bond acceptors (Lipinski definition) is 6. The molecule has 2 saturated carbocycles. The highest BCUT2D eigenvalue weighted by atomic mass is 16.5. The summed E-state index contributed by atoms with van der Waals surface area (Å²) < 4.78 is 6.52. The third-order valence-corrected chi connectivity index (χ3v) is 10.1. The molecule has 1 aromatic rings. The summed E-state index contributed by atoms with van der Waals surface area (Å²) in [4.78, 5) is 29.3.